The molecule has 0 saturated heterocycles. The SMILES string of the molecule is c1ccc(-c2ccc(N(c3ccc4c(c3)C3(CC5CCC3C5)c3ccccc3-4)c3ccc4c5ccccc5n(-c5ccccc5)c4c3)cc2)cc1. The molecule has 8 aromatic rings. The zero-order valence-electron chi connectivity index (χ0n) is 28.5. The van der Waals surface area contributed by atoms with Crippen molar-refractivity contribution in [3.63, 3.8) is 0 Å². The molecule has 1 heterocycles. The van der Waals surface area contributed by atoms with Gasteiger partial charge in [0.05, 0.1) is 11.0 Å². The Bertz CT molecular complexity index is 2600. The Balaban J connectivity index is 1.13. The summed E-state index contributed by atoms with van der Waals surface area (Å²) in [7, 11) is 0. The van der Waals surface area contributed by atoms with E-state index >= 15 is 0 Å². The maximum absolute atomic E-state index is 2.57. The van der Waals surface area contributed by atoms with Crippen LogP contribution in [-0.2, 0) is 5.41 Å². The van der Waals surface area contributed by atoms with E-state index in [1.54, 1.807) is 11.1 Å². The van der Waals surface area contributed by atoms with Gasteiger partial charge >= 0.3 is 0 Å². The van der Waals surface area contributed by atoms with Gasteiger partial charge in [0.2, 0.25) is 0 Å². The average molecular weight is 655 g/mol. The van der Waals surface area contributed by atoms with Gasteiger partial charge in [-0.25, -0.2) is 0 Å². The fourth-order valence-corrected chi connectivity index (χ4v) is 10.4. The van der Waals surface area contributed by atoms with Crippen LogP contribution in [0.15, 0.2) is 170 Å². The Morgan fingerprint density at radius 1 is 0.490 bits per heavy atom. The highest BCUT2D eigenvalue weighted by Gasteiger charge is 2.56. The first-order chi connectivity index (χ1) is 25.3. The predicted molar refractivity (Wildman–Crippen MR) is 213 cm³/mol. The van der Waals surface area contributed by atoms with Gasteiger partial charge in [0, 0.05) is 38.9 Å². The summed E-state index contributed by atoms with van der Waals surface area (Å²) in [6, 6.07) is 63.2. The molecule has 2 fully saturated rings. The highest BCUT2D eigenvalue weighted by Crippen LogP contribution is 2.66. The molecule has 1 spiro atoms. The van der Waals surface area contributed by atoms with Crippen molar-refractivity contribution in [3.8, 4) is 27.9 Å². The summed E-state index contributed by atoms with van der Waals surface area (Å²) < 4.78 is 2.43. The maximum Gasteiger partial charge on any atom is 0.0561 e. The van der Waals surface area contributed by atoms with Crippen LogP contribution >= 0.6 is 0 Å². The van der Waals surface area contributed by atoms with Crippen LogP contribution in [0.1, 0.15) is 36.8 Å². The second kappa shape index (κ2) is 11.1. The van der Waals surface area contributed by atoms with Crippen LogP contribution in [0.4, 0.5) is 17.1 Å². The van der Waals surface area contributed by atoms with Gasteiger partial charge in [-0.3, -0.25) is 0 Å². The number of hydrogen-bond acceptors (Lipinski definition) is 1. The molecule has 11 rings (SSSR count). The van der Waals surface area contributed by atoms with Crippen molar-refractivity contribution >= 4 is 38.9 Å². The Labute approximate surface area is 299 Å². The van der Waals surface area contributed by atoms with E-state index in [1.807, 2.05) is 0 Å². The van der Waals surface area contributed by atoms with Gasteiger partial charge in [-0.05, 0) is 119 Å². The Morgan fingerprint density at radius 3 is 1.94 bits per heavy atom. The monoisotopic (exact) mass is 654 g/mol. The molecule has 1 aromatic heterocycles. The molecule has 0 radical (unpaired) electrons. The standard InChI is InChI=1S/C49H38N2/c1-3-11-34(12-4-1)35-20-23-38(24-21-35)50(40-26-28-44-43-16-8-10-18-47(43)51(48(44)31-40)37-13-5-2-6-14-37)39-25-27-42-41-15-7-9-17-45(41)49(46(42)30-39)32-33-19-22-36(49)29-33/h1-18,20-21,23-28,30-31,33,36H,19,22,29,32H2. The molecule has 2 heteroatoms. The topological polar surface area (TPSA) is 8.17 Å². The average Bonchev–Trinajstić information content (AvgIpc) is 3.96. The van der Waals surface area contributed by atoms with Crippen LogP contribution in [0, 0.1) is 11.8 Å². The zero-order valence-corrected chi connectivity index (χ0v) is 28.5. The second-order valence-electron chi connectivity index (χ2n) is 15.0. The molecular formula is C49H38N2. The van der Waals surface area contributed by atoms with Crippen molar-refractivity contribution in [3.05, 3.63) is 181 Å². The van der Waals surface area contributed by atoms with Gasteiger partial charge in [-0.15, -0.1) is 0 Å². The van der Waals surface area contributed by atoms with Gasteiger partial charge < -0.3 is 9.47 Å². The van der Waals surface area contributed by atoms with E-state index in [-0.39, 0.29) is 5.41 Å². The summed E-state index contributed by atoms with van der Waals surface area (Å²) in [6.07, 6.45) is 5.37. The molecule has 2 bridgehead atoms. The third kappa shape index (κ3) is 4.23. The number of benzene rings is 7. The van der Waals surface area contributed by atoms with Crippen LogP contribution in [0.25, 0.3) is 49.7 Å². The van der Waals surface area contributed by atoms with Gasteiger partial charge in [0.25, 0.3) is 0 Å². The smallest absolute Gasteiger partial charge is 0.0561 e. The first kappa shape index (κ1) is 28.9. The van der Waals surface area contributed by atoms with Crippen molar-refractivity contribution in [2.75, 3.05) is 4.90 Å². The number of rotatable bonds is 5. The Morgan fingerprint density at radius 2 is 1.14 bits per heavy atom. The van der Waals surface area contributed by atoms with Crippen molar-refractivity contribution in [2.45, 2.75) is 31.1 Å². The quantitative estimate of drug-likeness (QED) is 0.179. The van der Waals surface area contributed by atoms with E-state index in [2.05, 4.69) is 179 Å². The van der Waals surface area contributed by atoms with E-state index < -0.39 is 0 Å². The molecule has 3 aliphatic rings. The number of aromatic nitrogens is 1. The van der Waals surface area contributed by atoms with Crippen LogP contribution in [0.2, 0.25) is 0 Å². The molecular weight excluding hydrogens is 617 g/mol. The first-order valence-electron chi connectivity index (χ1n) is 18.5. The number of nitrogens with zero attached hydrogens (tertiary/aromatic N) is 2. The fraction of sp³-hybridized carbons (Fsp3) is 0.143. The lowest BCUT2D eigenvalue weighted by Gasteiger charge is -2.37. The first-order valence-corrected chi connectivity index (χ1v) is 18.5. The Hall–Kier alpha value is -5.86. The lowest BCUT2D eigenvalue weighted by molar-refractivity contribution is 0.327. The number of anilines is 3. The highest BCUT2D eigenvalue weighted by molar-refractivity contribution is 6.10. The predicted octanol–water partition coefficient (Wildman–Crippen LogP) is 13.0. The molecule has 51 heavy (non-hydrogen) atoms. The molecule has 3 aliphatic carbocycles. The lowest BCUT2D eigenvalue weighted by atomic mass is 9.67. The second-order valence-corrected chi connectivity index (χ2v) is 15.0. The molecule has 2 saturated carbocycles. The minimum absolute atomic E-state index is 0.122. The Kier molecular flexibility index (Phi) is 6.28. The fourth-order valence-electron chi connectivity index (χ4n) is 10.4. The zero-order chi connectivity index (χ0) is 33.5. The van der Waals surface area contributed by atoms with Crippen molar-refractivity contribution in [1.82, 2.24) is 4.57 Å². The molecule has 7 aromatic carbocycles. The van der Waals surface area contributed by atoms with E-state index in [0.29, 0.717) is 0 Å². The van der Waals surface area contributed by atoms with Gasteiger partial charge in [-0.2, -0.15) is 0 Å². The number of hydrogen-bond donors (Lipinski definition) is 0. The van der Waals surface area contributed by atoms with Crippen molar-refractivity contribution in [2.24, 2.45) is 11.8 Å². The molecule has 2 nitrogen and oxygen atoms in total. The number of fused-ring (bicyclic) bond motifs is 11. The molecule has 3 unspecified atom stereocenters. The van der Waals surface area contributed by atoms with Crippen molar-refractivity contribution in [1.29, 1.82) is 0 Å². The highest BCUT2D eigenvalue weighted by atomic mass is 15.1. The summed E-state index contributed by atoms with van der Waals surface area (Å²) in [6.45, 7) is 0. The summed E-state index contributed by atoms with van der Waals surface area (Å²) >= 11 is 0. The molecule has 0 amide bonds. The van der Waals surface area contributed by atoms with Gasteiger partial charge in [0.1, 0.15) is 0 Å². The van der Waals surface area contributed by atoms with Crippen LogP contribution < -0.4 is 4.90 Å². The van der Waals surface area contributed by atoms with Crippen LogP contribution in [-0.4, -0.2) is 4.57 Å². The molecule has 0 N–H and O–H groups in total. The van der Waals surface area contributed by atoms with E-state index in [1.165, 1.54) is 81.1 Å². The van der Waals surface area contributed by atoms with Gasteiger partial charge in [0.15, 0.2) is 0 Å². The molecule has 3 atom stereocenters. The lowest BCUT2D eigenvalue weighted by Crippen LogP contribution is -2.32. The maximum atomic E-state index is 2.57. The molecule has 244 valence electrons. The minimum atomic E-state index is 0.122. The van der Waals surface area contributed by atoms with E-state index in [0.717, 1.165) is 23.2 Å². The van der Waals surface area contributed by atoms with E-state index in [4.69, 9.17) is 0 Å². The largest absolute Gasteiger partial charge is 0.310 e. The summed E-state index contributed by atoms with van der Waals surface area (Å²) in [5.41, 5.74) is 15.7. The minimum Gasteiger partial charge on any atom is -0.310 e. The van der Waals surface area contributed by atoms with E-state index in [9.17, 15) is 0 Å². The van der Waals surface area contributed by atoms with Gasteiger partial charge in [-0.1, -0.05) is 122 Å². The van der Waals surface area contributed by atoms with Crippen LogP contribution in [0.3, 0.4) is 0 Å². The third-order valence-electron chi connectivity index (χ3n) is 12.5. The van der Waals surface area contributed by atoms with Crippen LogP contribution in [0.5, 0.6) is 0 Å². The van der Waals surface area contributed by atoms with Crippen molar-refractivity contribution < 1.29 is 0 Å². The molecule has 0 aliphatic heterocycles. The third-order valence-corrected chi connectivity index (χ3v) is 12.5. The summed E-state index contributed by atoms with van der Waals surface area (Å²) in [4.78, 5) is 2.49. The summed E-state index contributed by atoms with van der Waals surface area (Å²) in [5.74, 6) is 1.55. The summed E-state index contributed by atoms with van der Waals surface area (Å²) in [5, 5.41) is 2.54. The normalized spacial score (nSPS) is 19.9. The number of para-hydroxylation sites is 2.